The van der Waals surface area contributed by atoms with Crippen LogP contribution in [0, 0.1) is 6.92 Å². The van der Waals surface area contributed by atoms with Crippen LogP contribution < -0.4 is 5.32 Å². The van der Waals surface area contributed by atoms with Gasteiger partial charge in [-0.15, -0.1) is 11.3 Å². The van der Waals surface area contributed by atoms with Gasteiger partial charge in [-0.05, 0) is 38.5 Å². The Bertz CT molecular complexity index is 591. The van der Waals surface area contributed by atoms with E-state index in [1.165, 1.54) is 0 Å². The Kier molecular flexibility index (Phi) is 3.57. The number of hydrogen-bond acceptors (Lipinski definition) is 4. The first-order chi connectivity index (χ1) is 8.90. The zero-order chi connectivity index (χ0) is 14.0. The second-order valence-corrected chi connectivity index (χ2v) is 5.84. The maximum absolute atomic E-state index is 11.3. The minimum absolute atomic E-state index is 0.273. The van der Waals surface area contributed by atoms with Crippen LogP contribution in [0.5, 0.6) is 0 Å². The number of thiazole rings is 1. The fourth-order valence-corrected chi connectivity index (χ4v) is 2.59. The largest absolute Gasteiger partial charge is 0.478 e. The van der Waals surface area contributed by atoms with Gasteiger partial charge in [0.1, 0.15) is 5.01 Å². The topological polar surface area (TPSA) is 62.2 Å². The van der Waals surface area contributed by atoms with E-state index in [0.29, 0.717) is 5.69 Å². The smallest absolute Gasteiger partial charge is 0.337 e. The Labute approximate surface area is 116 Å². The minimum atomic E-state index is -0.933. The molecule has 5 heteroatoms. The molecule has 2 N–H and O–H groups in total. The zero-order valence-corrected chi connectivity index (χ0v) is 11.9. The predicted octanol–water partition coefficient (Wildman–Crippen LogP) is 3.50. The van der Waals surface area contributed by atoms with Gasteiger partial charge in [-0.3, -0.25) is 0 Å². The van der Waals surface area contributed by atoms with E-state index in [-0.39, 0.29) is 5.56 Å². The maximum Gasteiger partial charge on any atom is 0.337 e. The van der Waals surface area contributed by atoms with E-state index >= 15 is 0 Å². The molecule has 2 rings (SSSR count). The molecule has 1 aromatic heterocycles. The van der Waals surface area contributed by atoms with Crippen molar-refractivity contribution in [3.05, 3.63) is 45.9 Å². The summed E-state index contributed by atoms with van der Waals surface area (Å²) in [6.07, 6.45) is 1.75. The summed E-state index contributed by atoms with van der Waals surface area (Å²) < 4.78 is 0. The molecule has 0 spiro atoms. The Morgan fingerprint density at radius 2 is 2.16 bits per heavy atom. The number of nitrogens with zero attached hydrogens (tertiary/aromatic N) is 1. The molecule has 0 saturated carbocycles. The number of aryl methyl sites for hydroxylation is 1. The molecule has 0 fully saturated rings. The highest BCUT2D eigenvalue weighted by Gasteiger charge is 2.25. The van der Waals surface area contributed by atoms with E-state index in [1.54, 1.807) is 29.7 Å². The molecule has 0 aliphatic heterocycles. The van der Waals surface area contributed by atoms with Crippen LogP contribution in [0.4, 0.5) is 5.69 Å². The molecule has 4 nitrogen and oxygen atoms in total. The van der Waals surface area contributed by atoms with Gasteiger partial charge in [-0.2, -0.15) is 0 Å². The fraction of sp³-hybridized carbons (Fsp3) is 0.286. The van der Waals surface area contributed by atoms with Crippen molar-refractivity contribution in [2.45, 2.75) is 26.3 Å². The molecule has 0 bridgehead atoms. The third-order valence-electron chi connectivity index (χ3n) is 2.82. The number of anilines is 1. The van der Waals surface area contributed by atoms with E-state index < -0.39 is 11.5 Å². The van der Waals surface area contributed by atoms with Crippen LogP contribution >= 0.6 is 11.3 Å². The number of carbonyl (C=O) groups is 1. The number of aromatic nitrogens is 1. The molecule has 19 heavy (non-hydrogen) atoms. The molecule has 0 unspecified atom stereocenters. The van der Waals surface area contributed by atoms with Gasteiger partial charge in [0.25, 0.3) is 0 Å². The minimum Gasteiger partial charge on any atom is -0.478 e. The molecule has 1 aromatic carbocycles. The van der Waals surface area contributed by atoms with Gasteiger partial charge in [-0.25, -0.2) is 9.78 Å². The average molecular weight is 276 g/mol. The van der Waals surface area contributed by atoms with E-state index in [2.05, 4.69) is 10.3 Å². The Morgan fingerprint density at radius 3 is 2.74 bits per heavy atom. The van der Waals surface area contributed by atoms with Crippen molar-refractivity contribution >= 4 is 23.0 Å². The molecular weight excluding hydrogens is 260 g/mol. The summed E-state index contributed by atoms with van der Waals surface area (Å²) in [7, 11) is 0. The van der Waals surface area contributed by atoms with Crippen LogP contribution in [0.15, 0.2) is 29.8 Å². The molecule has 0 aliphatic rings. The summed E-state index contributed by atoms with van der Waals surface area (Å²) in [6.45, 7) is 5.91. The number of carboxylic acid groups (broad SMARTS) is 1. The van der Waals surface area contributed by atoms with E-state index in [0.717, 1.165) is 10.6 Å². The van der Waals surface area contributed by atoms with Crippen LogP contribution in [0.3, 0.4) is 0 Å². The Morgan fingerprint density at radius 1 is 1.42 bits per heavy atom. The third-order valence-corrected chi connectivity index (χ3v) is 3.92. The van der Waals surface area contributed by atoms with Gasteiger partial charge in [0.15, 0.2) is 0 Å². The van der Waals surface area contributed by atoms with Crippen LogP contribution in [0.2, 0.25) is 0 Å². The summed E-state index contributed by atoms with van der Waals surface area (Å²) >= 11 is 1.55. The van der Waals surface area contributed by atoms with Crippen LogP contribution in [0.25, 0.3) is 0 Å². The van der Waals surface area contributed by atoms with Crippen molar-refractivity contribution in [2.75, 3.05) is 5.32 Å². The summed E-state index contributed by atoms with van der Waals surface area (Å²) in [5.41, 5.74) is 1.50. The number of aromatic carboxylic acids is 1. The SMILES string of the molecule is Cc1ccc(C(=O)O)c(NC(C)(C)c2nccs2)c1. The molecule has 0 saturated heterocycles. The number of carboxylic acids is 1. The summed E-state index contributed by atoms with van der Waals surface area (Å²) in [6, 6.07) is 5.27. The van der Waals surface area contributed by atoms with Gasteiger partial charge in [0, 0.05) is 17.3 Å². The lowest BCUT2D eigenvalue weighted by Gasteiger charge is -2.26. The van der Waals surface area contributed by atoms with Gasteiger partial charge in [0.05, 0.1) is 11.1 Å². The average Bonchev–Trinajstić information content (AvgIpc) is 2.81. The van der Waals surface area contributed by atoms with Crippen molar-refractivity contribution < 1.29 is 9.90 Å². The van der Waals surface area contributed by atoms with Crippen molar-refractivity contribution in [1.29, 1.82) is 0 Å². The lowest BCUT2D eigenvalue weighted by Crippen LogP contribution is -2.28. The van der Waals surface area contributed by atoms with Crippen LogP contribution in [-0.4, -0.2) is 16.1 Å². The Hall–Kier alpha value is -1.88. The monoisotopic (exact) mass is 276 g/mol. The lowest BCUT2D eigenvalue weighted by atomic mass is 10.0. The van der Waals surface area contributed by atoms with Crippen molar-refractivity contribution in [1.82, 2.24) is 4.98 Å². The zero-order valence-electron chi connectivity index (χ0n) is 11.1. The summed E-state index contributed by atoms with van der Waals surface area (Å²) in [4.78, 5) is 15.5. The molecule has 0 radical (unpaired) electrons. The number of benzene rings is 1. The highest BCUT2D eigenvalue weighted by molar-refractivity contribution is 7.09. The fourth-order valence-electron chi connectivity index (χ4n) is 1.87. The van der Waals surface area contributed by atoms with E-state index in [9.17, 15) is 9.90 Å². The standard InChI is InChI=1S/C14H16N2O2S/c1-9-4-5-10(12(17)18)11(8-9)16-14(2,3)13-15-6-7-19-13/h4-8,16H,1-3H3,(H,17,18). The van der Waals surface area contributed by atoms with Gasteiger partial charge >= 0.3 is 5.97 Å². The van der Waals surface area contributed by atoms with Crippen molar-refractivity contribution in [2.24, 2.45) is 0 Å². The summed E-state index contributed by atoms with van der Waals surface area (Å²) in [5, 5.41) is 15.3. The predicted molar refractivity (Wildman–Crippen MR) is 76.9 cm³/mol. The number of nitrogens with one attached hydrogen (secondary N) is 1. The van der Waals surface area contributed by atoms with E-state index in [4.69, 9.17) is 0 Å². The molecule has 1 heterocycles. The van der Waals surface area contributed by atoms with E-state index in [1.807, 2.05) is 32.2 Å². The number of rotatable bonds is 4. The van der Waals surface area contributed by atoms with Gasteiger partial charge in [-0.1, -0.05) is 6.07 Å². The third kappa shape index (κ3) is 2.93. The Balaban J connectivity index is 2.38. The first-order valence-corrected chi connectivity index (χ1v) is 6.80. The quantitative estimate of drug-likeness (QED) is 0.897. The second-order valence-electron chi connectivity index (χ2n) is 4.94. The molecule has 2 aromatic rings. The molecule has 0 aliphatic carbocycles. The highest BCUT2D eigenvalue weighted by Crippen LogP contribution is 2.29. The molecule has 100 valence electrons. The van der Waals surface area contributed by atoms with Crippen LogP contribution in [-0.2, 0) is 5.54 Å². The van der Waals surface area contributed by atoms with Gasteiger partial charge < -0.3 is 10.4 Å². The number of hydrogen-bond donors (Lipinski definition) is 2. The normalized spacial score (nSPS) is 11.3. The first-order valence-electron chi connectivity index (χ1n) is 5.92. The molecule has 0 amide bonds. The lowest BCUT2D eigenvalue weighted by molar-refractivity contribution is 0.0698. The second kappa shape index (κ2) is 5.01. The maximum atomic E-state index is 11.3. The first kappa shape index (κ1) is 13.5. The van der Waals surface area contributed by atoms with Gasteiger partial charge in [0.2, 0.25) is 0 Å². The highest BCUT2D eigenvalue weighted by atomic mass is 32.1. The molecular formula is C14H16N2O2S. The van der Waals surface area contributed by atoms with Crippen LogP contribution in [0.1, 0.15) is 34.8 Å². The summed E-state index contributed by atoms with van der Waals surface area (Å²) in [5.74, 6) is -0.933. The van der Waals surface area contributed by atoms with Crippen molar-refractivity contribution in [3.63, 3.8) is 0 Å². The van der Waals surface area contributed by atoms with Crippen molar-refractivity contribution in [3.8, 4) is 0 Å². The molecule has 0 atom stereocenters.